The molecule has 0 aliphatic heterocycles. The van der Waals surface area contributed by atoms with Crippen molar-refractivity contribution in [2.24, 2.45) is 11.3 Å². The van der Waals surface area contributed by atoms with E-state index in [4.69, 9.17) is 0 Å². The minimum atomic E-state index is 0.456. The zero-order valence-corrected chi connectivity index (χ0v) is 10.3. The van der Waals surface area contributed by atoms with Gasteiger partial charge in [0.1, 0.15) is 0 Å². The predicted octanol–water partition coefficient (Wildman–Crippen LogP) is 4.76. The lowest BCUT2D eigenvalue weighted by Crippen LogP contribution is -2.20. The molecule has 0 aromatic carbocycles. The SMILES string of the molecule is [CH2]C(C)CCC1=C(C)CCCC1(C)C. The molecule has 0 nitrogen and oxygen atoms in total. The molecule has 1 atom stereocenters. The summed E-state index contributed by atoms with van der Waals surface area (Å²) in [5.74, 6) is 0.591. The lowest BCUT2D eigenvalue weighted by atomic mass is 9.71. The van der Waals surface area contributed by atoms with Crippen molar-refractivity contribution in [3.8, 4) is 0 Å². The van der Waals surface area contributed by atoms with E-state index in [9.17, 15) is 0 Å². The molecule has 14 heavy (non-hydrogen) atoms. The van der Waals surface area contributed by atoms with Crippen LogP contribution < -0.4 is 0 Å². The average molecular weight is 193 g/mol. The van der Waals surface area contributed by atoms with E-state index in [0.717, 1.165) is 0 Å². The first-order valence-corrected chi connectivity index (χ1v) is 5.95. The maximum atomic E-state index is 4.07. The van der Waals surface area contributed by atoms with Gasteiger partial charge in [0.05, 0.1) is 0 Å². The van der Waals surface area contributed by atoms with Crippen LogP contribution in [0.3, 0.4) is 0 Å². The highest BCUT2D eigenvalue weighted by molar-refractivity contribution is 5.22. The highest BCUT2D eigenvalue weighted by Crippen LogP contribution is 2.42. The van der Waals surface area contributed by atoms with E-state index in [2.05, 4.69) is 34.6 Å². The smallest absolute Gasteiger partial charge is 0.0142 e. The van der Waals surface area contributed by atoms with Crippen molar-refractivity contribution in [2.75, 3.05) is 0 Å². The molecule has 0 spiro atoms. The first-order chi connectivity index (χ1) is 6.43. The molecule has 81 valence electrons. The number of rotatable bonds is 3. The van der Waals surface area contributed by atoms with Crippen LogP contribution in [0.4, 0.5) is 0 Å². The minimum absolute atomic E-state index is 0.456. The standard InChI is InChI=1S/C14H25/c1-11(2)8-9-13-12(3)7-6-10-14(13,4)5/h11H,1,6-10H2,2-5H3. The van der Waals surface area contributed by atoms with Crippen molar-refractivity contribution in [2.45, 2.75) is 59.8 Å². The lowest BCUT2D eigenvalue weighted by Gasteiger charge is -2.35. The zero-order valence-electron chi connectivity index (χ0n) is 10.3. The summed E-state index contributed by atoms with van der Waals surface area (Å²) in [6.07, 6.45) is 6.58. The summed E-state index contributed by atoms with van der Waals surface area (Å²) >= 11 is 0. The van der Waals surface area contributed by atoms with Gasteiger partial charge in [-0.3, -0.25) is 0 Å². The summed E-state index contributed by atoms with van der Waals surface area (Å²) < 4.78 is 0. The Balaban J connectivity index is 2.70. The zero-order chi connectivity index (χ0) is 10.8. The van der Waals surface area contributed by atoms with E-state index in [-0.39, 0.29) is 0 Å². The van der Waals surface area contributed by atoms with Crippen molar-refractivity contribution in [3.05, 3.63) is 18.1 Å². The van der Waals surface area contributed by atoms with Gasteiger partial charge < -0.3 is 0 Å². The molecule has 0 saturated carbocycles. The molecule has 1 radical (unpaired) electrons. The van der Waals surface area contributed by atoms with E-state index < -0.39 is 0 Å². The van der Waals surface area contributed by atoms with Gasteiger partial charge in [-0.25, -0.2) is 0 Å². The fourth-order valence-corrected chi connectivity index (χ4v) is 2.62. The third-order valence-electron chi connectivity index (χ3n) is 3.57. The van der Waals surface area contributed by atoms with E-state index in [1.54, 1.807) is 11.1 Å². The second kappa shape index (κ2) is 4.51. The largest absolute Gasteiger partial charge is 0.0736 e. The third-order valence-corrected chi connectivity index (χ3v) is 3.57. The predicted molar refractivity (Wildman–Crippen MR) is 64.1 cm³/mol. The number of hydrogen-bond donors (Lipinski definition) is 0. The Bertz CT molecular complexity index is 218. The molecule has 1 aliphatic rings. The van der Waals surface area contributed by atoms with E-state index in [0.29, 0.717) is 11.3 Å². The van der Waals surface area contributed by atoms with Gasteiger partial charge in [-0.1, -0.05) is 38.8 Å². The number of allylic oxidation sites excluding steroid dienone is 2. The second-order valence-corrected chi connectivity index (χ2v) is 5.64. The Kier molecular flexibility index (Phi) is 3.80. The van der Waals surface area contributed by atoms with Crippen LogP contribution in [0.15, 0.2) is 11.1 Å². The van der Waals surface area contributed by atoms with Gasteiger partial charge in [-0.2, -0.15) is 0 Å². The van der Waals surface area contributed by atoms with Gasteiger partial charge in [0.15, 0.2) is 0 Å². The summed E-state index contributed by atoms with van der Waals surface area (Å²) in [5.41, 5.74) is 3.83. The fourth-order valence-electron chi connectivity index (χ4n) is 2.62. The molecule has 1 unspecified atom stereocenters. The topological polar surface area (TPSA) is 0 Å². The normalized spacial score (nSPS) is 21.9. The van der Waals surface area contributed by atoms with Gasteiger partial charge in [-0.15, -0.1) is 0 Å². The Hall–Kier alpha value is -0.260. The minimum Gasteiger partial charge on any atom is -0.0736 e. The van der Waals surface area contributed by atoms with Gasteiger partial charge in [-0.05, 0) is 50.4 Å². The van der Waals surface area contributed by atoms with Gasteiger partial charge in [0.2, 0.25) is 0 Å². The van der Waals surface area contributed by atoms with Crippen LogP contribution in [-0.2, 0) is 0 Å². The summed E-state index contributed by atoms with van der Waals surface area (Å²) in [4.78, 5) is 0. The van der Waals surface area contributed by atoms with Crippen LogP contribution in [0.25, 0.3) is 0 Å². The van der Waals surface area contributed by atoms with Crippen molar-refractivity contribution in [1.82, 2.24) is 0 Å². The first kappa shape index (κ1) is 11.8. The molecule has 0 saturated heterocycles. The Labute approximate surface area is 89.8 Å². The third kappa shape index (κ3) is 2.87. The van der Waals surface area contributed by atoms with Crippen molar-refractivity contribution in [3.63, 3.8) is 0 Å². The monoisotopic (exact) mass is 193 g/mol. The number of hydrogen-bond acceptors (Lipinski definition) is 0. The molecular formula is C14H25. The Morgan fingerprint density at radius 2 is 2.07 bits per heavy atom. The molecular weight excluding hydrogens is 168 g/mol. The van der Waals surface area contributed by atoms with Crippen LogP contribution in [0, 0.1) is 18.3 Å². The fraction of sp³-hybridized carbons (Fsp3) is 0.786. The molecule has 0 aromatic heterocycles. The summed E-state index contributed by atoms with van der Waals surface area (Å²) in [5, 5.41) is 0. The summed E-state index contributed by atoms with van der Waals surface area (Å²) in [6.45, 7) is 13.4. The van der Waals surface area contributed by atoms with E-state index in [1.165, 1.54) is 32.1 Å². The van der Waals surface area contributed by atoms with Gasteiger partial charge >= 0.3 is 0 Å². The summed E-state index contributed by atoms with van der Waals surface area (Å²) in [7, 11) is 0. The van der Waals surface area contributed by atoms with Crippen LogP contribution in [-0.4, -0.2) is 0 Å². The van der Waals surface area contributed by atoms with Crippen LogP contribution in [0.5, 0.6) is 0 Å². The van der Waals surface area contributed by atoms with Gasteiger partial charge in [0.25, 0.3) is 0 Å². The Morgan fingerprint density at radius 3 is 2.57 bits per heavy atom. The van der Waals surface area contributed by atoms with Crippen LogP contribution in [0.1, 0.15) is 59.8 Å². The quantitative estimate of drug-likeness (QED) is 0.567. The first-order valence-electron chi connectivity index (χ1n) is 5.95. The lowest BCUT2D eigenvalue weighted by molar-refractivity contribution is 0.348. The highest BCUT2D eigenvalue weighted by Gasteiger charge is 2.27. The van der Waals surface area contributed by atoms with E-state index in [1.807, 2.05) is 0 Å². The molecule has 1 rings (SSSR count). The molecule has 0 N–H and O–H groups in total. The molecule has 0 heterocycles. The molecule has 0 amide bonds. The molecule has 0 fully saturated rings. The Morgan fingerprint density at radius 1 is 1.43 bits per heavy atom. The van der Waals surface area contributed by atoms with Crippen molar-refractivity contribution in [1.29, 1.82) is 0 Å². The molecule has 0 bridgehead atoms. The van der Waals surface area contributed by atoms with Crippen molar-refractivity contribution < 1.29 is 0 Å². The highest BCUT2D eigenvalue weighted by atomic mass is 14.3. The average Bonchev–Trinajstić information content (AvgIpc) is 2.01. The summed E-state index contributed by atoms with van der Waals surface area (Å²) in [6, 6.07) is 0. The molecule has 0 heteroatoms. The molecule has 0 aromatic rings. The molecule has 1 aliphatic carbocycles. The second-order valence-electron chi connectivity index (χ2n) is 5.64. The van der Waals surface area contributed by atoms with Crippen molar-refractivity contribution >= 4 is 0 Å². The van der Waals surface area contributed by atoms with Crippen LogP contribution >= 0.6 is 0 Å². The maximum absolute atomic E-state index is 4.07. The van der Waals surface area contributed by atoms with Gasteiger partial charge in [0, 0.05) is 0 Å². The maximum Gasteiger partial charge on any atom is -0.0142 e. The van der Waals surface area contributed by atoms with E-state index >= 15 is 0 Å². The van der Waals surface area contributed by atoms with Crippen LogP contribution in [0.2, 0.25) is 0 Å².